The molecule has 0 aliphatic heterocycles. The highest BCUT2D eigenvalue weighted by Crippen LogP contribution is 2.04. The van der Waals surface area contributed by atoms with Gasteiger partial charge in [-0.15, -0.1) is 0 Å². The van der Waals surface area contributed by atoms with E-state index in [1.807, 2.05) is 0 Å². The summed E-state index contributed by atoms with van der Waals surface area (Å²) in [6.45, 7) is 1.76. The number of benzene rings is 1. The topological polar surface area (TPSA) is 22.0 Å². The van der Waals surface area contributed by atoms with E-state index in [4.69, 9.17) is 6.85 Å². The monoisotopic (exact) mass is 190 g/mol. The van der Waals surface area contributed by atoms with Crippen molar-refractivity contribution in [2.75, 3.05) is 0 Å². The average Bonchev–Trinajstić information content (AvgIpc) is 2.38. The van der Waals surface area contributed by atoms with E-state index in [0.29, 0.717) is 0 Å². The molecule has 0 saturated heterocycles. The third-order valence-corrected chi connectivity index (χ3v) is 1.79. The molecular formula is C12H11NO. The van der Waals surface area contributed by atoms with E-state index in [9.17, 15) is 4.79 Å². The van der Waals surface area contributed by atoms with Gasteiger partial charge < -0.3 is 0 Å². The van der Waals surface area contributed by atoms with E-state index < -0.39 is 35.8 Å². The van der Waals surface area contributed by atoms with Gasteiger partial charge in [0.25, 0.3) is 5.56 Å². The van der Waals surface area contributed by atoms with Crippen molar-refractivity contribution in [1.29, 1.82) is 0 Å². The molecule has 1 heterocycles. The summed E-state index contributed by atoms with van der Waals surface area (Å²) >= 11 is 0. The maximum Gasteiger partial charge on any atom is 0.255 e. The van der Waals surface area contributed by atoms with Gasteiger partial charge in [0.2, 0.25) is 0 Å². The minimum absolute atomic E-state index is 0.125. The van der Waals surface area contributed by atoms with Crippen LogP contribution in [0.3, 0.4) is 0 Å². The fourth-order valence-electron chi connectivity index (χ4n) is 1.13. The van der Waals surface area contributed by atoms with E-state index in [1.165, 1.54) is 12.3 Å². The van der Waals surface area contributed by atoms with Crippen molar-refractivity contribution in [2.24, 2.45) is 0 Å². The van der Waals surface area contributed by atoms with E-state index in [2.05, 4.69) is 0 Å². The molecule has 1 aromatic heterocycles. The number of hydrogen-bond donors (Lipinski definition) is 0. The van der Waals surface area contributed by atoms with Gasteiger partial charge in [-0.1, -0.05) is 24.2 Å². The van der Waals surface area contributed by atoms with Crippen LogP contribution in [0.5, 0.6) is 0 Å². The molecule has 0 atom stereocenters. The van der Waals surface area contributed by atoms with Gasteiger partial charge in [0.05, 0.1) is 6.85 Å². The summed E-state index contributed by atoms with van der Waals surface area (Å²) in [7, 11) is 0. The first-order valence-electron chi connectivity index (χ1n) is 6.61. The molecule has 0 spiro atoms. The van der Waals surface area contributed by atoms with Crippen LogP contribution >= 0.6 is 0 Å². The normalized spacial score (nSPS) is 15.1. The Balaban J connectivity index is 2.91. The lowest BCUT2D eigenvalue weighted by Crippen LogP contribution is -2.16. The average molecular weight is 190 g/mol. The maximum absolute atomic E-state index is 11.8. The fraction of sp³-hybridized carbons (Fsp3) is 0.0833. The number of para-hydroxylation sites is 1. The molecule has 0 radical (unpaired) electrons. The van der Waals surface area contributed by atoms with Gasteiger partial charge in [0, 0.05) is 18.0 Å². The molecule has 0 aliphatic carbocycles. The molecule has 0 bridgehead atoms. The second-order valence-corrected chi connectivity index (χ2v) is 2.89. The second-order valence-electron chi connectivity index (χ2n) is 2.89. The molecule has 2 rings (SSSR count). The second kappa shape index (κ2) is 3.50. The standard InChI is InChI=1S/C12H11NO/c1-10-7-8-12(14)13(9-10)11-5-3-2-4-6-11/h2-9H,1H3/i2D,3D,4D,5D,6D. The highest BCUT2D eigenvalue weighted by molar-refractivity contribution is 5.32. The van der Waals surface area contributed by atoms with Crippen LogP contribution in [0.25, 0.3) is 5.69 Å². The lowest BCUT2D eigenvalue weighted by Gasteiger charge is -2.05. The molecule has 1 aromatic carbocycles. The van der Waals surface area contributed by atoms with Gasteiger partial charge in [0.15, 0.2) is 0 Å². The fourth-order valence-corrected chi connectivity index (χ4v) is 1.13. The molecule has 0 N–H and O–H groups in total. The van der Waals surface area contributed by atoms with Crippen molar-refractivity contribution >= 4 is 0 Å². The molecule has 0 aliphatic rings. The molecule has 0 fully saturated rings. The largest absolute Gasteiger partial charge is 0.284 e. The first kappa shape index (κ1) is 4.60. The Morgan fingerprint density at radius 3 is 2.64 bits per heavy atom. The van der Waals surface area contributed by atoms with Crippen LogP contribution < -0.4 is 5.56 Å². The molecule has 0 unspecified atom stereocenters. The van der Waals surface area contributed by atoms with Gasteiger partial charge >= 0.3 is 0 Å². The lowest BCUT2D eigenvalue weighted by molar-refractivity contribution is 0.976. The Morgan fingerprint density at radius 2 is 1.93 bits per heavy atom. The third kappa shape index (κ3) is 1.59. The highest BCUT2D eigenvalue weighted by atomic mass is 16.1. The zero-order chi connectivity index (χ0) is 14.3. The summed E-state index contributed by atoms with van der Waals surface area (Å²) in [6, 6.07) is 0.746. The Kier molecular flexibility index (Phi) is 1.15. The van der Waals surface area contributed by atoms with Gasteiger partial charge in [-0.25, -0.2) is 0 Å². The summed E-state index contributed by atoms with van der Waals surface area (Å²) in [4.78, 5) is 11.8. The van der Waals surface area contributed by atoms with Crippen LogP contribution in [0.2, 0.25) is 0 Å². The number of aromatic nitrogens is 1. The molecule has 2 nitrogen and oxygen atoms in total. The first-order chi connectivity index (χ1) is 8.84. The van der Waals surface area contributed by atoms with Crippen molar-refractivity contribution in [3.63, 3.8) is 0 Å². The van der Waals surface area contributed by atoms with Crippen LogP contribution in [0.15, 0.2) is 53.3 Å². The summed E-state index contributed by atoms with van der Waals surface area (Å²) in [6.07, 6.45) is 1.45. The first-order valence-corrected chi connectivity index (χ1v) is 4.11. The predicted molar refractivity (Wildman–Crippen MR) is 56.8 cm³/mol. The lowest BCUT2D eigenvalue weighted by atomic mass is 10.3. The maximum atomic E-state index is 11.8. The van der Waals surface area contributed by atoms with Crippen molar-refractivity contribution in [3.8, 4) is 5.69 Å². The number of hydrogen-bond acceptors (Lipinski definition) is 1. The summed E-state index contributed by atoms with van der Waals surface area (Å²) in [5.41, 5.74) is 0.190. The number of nitrogens with zero attached hydrogens (tertiary/aromatic N) is 1. The molecular weight excluding hydrogens is 174 g/mol. The summed E-state index contributed by atoms with van der Waals surface area (Å²) in [5, 5.41) is 0. The van der Waals surface area contributed by atoms with Gasteiger partial charge in [-0.2, -0.15) is 0 Å². The summed E-state index contributed by atoms with van der Waals surface area (Å²) in [5.74, 6) is 0. The van der Waals surface area contributed by atoms with Crippen molar-refractivity contribution < 1.29 is 6.85 Å². The number of aryl methyl sites for hydroxylation is 1. The third-order valence-electron chi connectivity index (χ3n) is 1.79. The molecule has 0 amide bonds. The number of pyridine rings is 1. The van der Waals surface area contributed by atoms with Crippen molar-refractivity contribution in [3.05, 3.63) is 64.5 Å². The molecule has 14 heavy (non-hydrogen) atoms. The SMILES string of the molecule is [2H]c1c([2H])c([2H])c(-n2cc(C)ccc2=O)c([2H])c1[2H]. The molecule has 0 saturated carbocycles. The highest BCUT2D eigenvalue weighted by Gasteiger charge is 1.97. The van der Waals surface area contributed by atoms with Crippen molar-refractivity contribution in [1.82, 2.24) is 4.57 Å². The van der Waals surface area contributed by atoms with E-state index in [1.54, 1.807) is 13.0 Å². The molecule has 70 valence electrons. The summed E-state index contributed by atoms with van der Waals surface area (Å²) < 4.78 is 39.4. The molecule has 2 aromatic rings. The van der Waals surface area contributed by atoms with E-state index >= 15 is 0 Å². The van der Waals surface area contributed by atoms with Crippen LogP contribution in [-0.4, -0.2) is 4.57 Å². The quantitative estimate of drug-likeness (QED) is 0.675. The number of rotatable bonds is 1. The van der Waals surface area contributed by atoms with E-state index in [-0.39, 0.29) is 5.69 Å². The van der Waals surface area contributed by atoms with Gasteiger partial charge in [0.1, 0.15) is 0 Å². The molecule has 2 heteroatoms. The van der Waals surface area contributed by atoms with Crippen LogP contribution in [-0.2, 0) is 0 Å². The predicted octanol–water partition coefficient (Wildman–Crippen LogP) is 2.15. The minimum atomic E-state index is -0.473. The van der Waals surface area contributed by atoms with Crippen LogP contribution in [0, 0.1) is 6.92 Å². The zero-order valence-corrected chi connectivity index (χ0v) is 7.59. The van der Waals surface area contributed by atoms with Crippen LogP contribution in [0.4, 0.5) is 0 Å². The van der Waals surface area contributed by atoms with Gasteiger partial charge in [-0.3, -0.25) is 9.36 Å². The Morgan fingerprint density at radius 1 is 1.21 bits per heavy atom. The Hall–Kier alpha value is -1.83. The van der Waals surface area contributed by atoms with Gasteiger partial charge in [-0.05, 0) is 24.6 Å². The minimum Gasteiger partial charge on any atom is -0.284 e. The smallest absolute Gasteiger partial charge is 0.255 e. The Bertz CT molecular complexity index is 694. The van der Waals surface area contributed by atoms with Crippen LogP contribution in [0.1, 0.15) is 12.4 Å². The van der Waals surface area contributed by atoms with Crippen molar-refractivity contribution in [2.45, 2.75) is 6.92 Å². The zero-order valence-electron chi connectivity index (χ0n) is 12.6. The Labute approximate surface area is 89.5 Å². The van der Waals surface area contributed by atoms with E-state index in [0.717, 1.165) is 10.1 Å².